The van der Waals surface area contributed by atoms with E-state index >= 15 is 0 Å². The van der Waals surface area contributed by atoms with E-state index in [2.05, 4.69) is 5.32 Å². The number of nitrogens with one attached hydrogen (secondary N) is 1. The summed E-state index contributed by atoms with van der Waals surface area (Å²) in [5.74, 6) is -0.260. The smallest absolute Gasteiger partial charge is 0.255 e. The summed E-state index contributed by atoms with van der Waals surface area (Å²) in [6.45, 7) is 0. The molecule has 0 bridgehead atoms. The minimum atomic E-state index is -3.34. The van der Waals surface area contributed by atoms with Gasteiger partial charge in [0.1, 0.15) is 0 Å². The Kier molecular flexibility index (Phi) is 5.32. The van der Waals surface area contributed by atoms with Crippen LogP contribution in [0, 0.1) is 0 Å². The van der Waals surface area contributed by atoms with Gasteiger partial charge in [-0.3, -0.25) is 4.79 Å². The van der Waals surface area contributed by atoms with E-state index in [1.54, 1.807) is 36.4 Å². The predicted octanol–water partition coefficient (Wildman–Crippen LogP) is 3.72. The maximum Gasteiger partial charge on any atom is 0.255 e. The van der Waals surface area contributed by atoms with Crippen LogP contribution in [0.2, 0.25) is 0 Å². The topological polar surface area (TPSA) is 66.5 Å². The summed E-state index contributed by atoms with van der Waals surface area (Å²) < 4.78 is 25.5. The number of nitrogens with zero attached hydrogens (tertiary/aromatic N) is 1. The fraction of sp³-hybridized carbons (Fsp3) is 0.350. The van der Waals surface area contributed by atoms with Crippen molar-refractivity contribution in [2.75, 3.05) is 24.3 Å². The third kappa shape index (κ3) is 3.90. The molecule has 0 spiro atoms. The van der Waals surface area contributed by atoms with Gasteiger partial charge in [-0.05, 0) is 49.2 Å². The molecule has 1 fully saturated rings. The lowest BCUT2D eigenvalue weighted by atomic mass is 10.1. The molecular weight excluding hydrogens is 348 g/mol. The highest BCUT2D eigenvalue weighted by molar-refractivity contribution is 7.92. The van der Waals surface area contributed by atoms with Gasteiger partial charge in [-0.1, -0.05) is 25.0 Å². The zero-order valence-electron chi connectivity index (χ0n) is 15.1. The van der Waals surface area contributed by atoms with Gasteiger partial charge < -0.3 is 10.2 Å². The second kappa shape index (κ2) is 7.50. The first-order valence-corrected chi connectivity index (χ1v) is 10.4. The van der Waals surface area contributed by atoms with Gasteiger partial charge in [0.25, 0.3) is 5.91 Å². The van der Waals surface area contributed by atoms with Crippen molar-refractivity contribution in [3.8, 4) is 0 Å². The Morgan fingerprint density at radius 1 is 1.04 bits per heavy atom. The zero-order valence-corrected chi connectivity index (χ0v) is 15.9. The van der Waals surface area contributed by atoms with Gasteiger partial charge >= 0.3 is 0 Å². The van der Waals surface area contributed by atoms with Gasteiger partial charge in [0.2, 0.25) is 0 Å². The molecule has 1 amide bonds. The molecule has 0 unspecified atom stereocenters. The lowest BCUT2D eigenvalue weighted by Crippen LogP contribution is -2.18. The van der Waals surface area contributed by atoms with Crippen LogP contribution in [0.4, 0.5) is 11.4 Å². The molecule has 138 valence electrons. The number of benzene rings is 2. The van der Waals surface area contributed by atoms with Crippen LogP contribution < -0.4 is 10.2 Å². The van der Waals surface area contributed by atoms with Crippen LogP contribution in [0.25, 0.3) is 0 Å². The number of hydrogen-bond donors (Lipinski definition) is 1. The van der Waals surface area contributed by atoms with Crippen molar-refractivity contribution < 1.29 is 13.2 Å². The summed E-state index contributed by atoms with van der Waals surface area (Å²) in [5, 5.41) is 2.50. The van der Waals surface area contributed by atoms with Crippen molar-refractivity contribution in [3.63, 3.8) is 0 Å². The maximum atomic E-state index is 12.7. The molecule has 0 atom stereocenters. The molecule has 1 N–H and O–H groups in total. The molecule has 0 heterocycles. The summed E-state index contributed by atoms with van der Waals surface area (Å²) in [5.41, 5.74) is 1.94. The Labute approximate surface area is 154 Å². The summed E-state index contributed by atoms with van der Waals surface area (Å²) >= 11 is 0. The van der Waals surface area contributed by atoms with Crippen LogP contribution in [0.1, 0.15) is 36.0 Å². The van der Waals surface area contributed by atoms with Crippen molar-refractivity contribution in [2.24, 2.45) is 0 Å². The van der Waals surface area contributed by atoms with Gasteiger partial charge in [0.15, 0.2) is 9.84 Å². The molecule has 3 rings (SSSR count). The number of anilines is 2. The highest BCUT2D eigenvalue weighted by atomic mass is 32.2. The van der Waals surface area contributed by atoms with Gasteiger partial charge in [-0.15, -0.1) is 0 Å². The SMILES string of the molecule is CN(C)c1cccc(C(=O)Nc2cccc(S(=O)(=O)C3CCCC3)c2)c1. The Balaban J connectivity index is 1.80. The van der Waals surface area contributed by atoms with E-state index < -0.39 is 9.84 Å². The monoisotopic (exact) mass is 372 g/mol. The third-order valence-electron chi connectivity index (χ3n) is 4.79. The Morgan fingerprint density at radius 3 is 2.42 bits per heavy atom. The molecule has 1 aliphatic rings. The quantitative estimate of drug-likeness (QED) is 0.869. The largest absolute Gasteiger partial charge is 0.378 e. The number of carbonyl (C=O) groups excluding carboxylic acids is 1. The molecule has 6 heteroatoms. The van der Waals surface area contributed by atoms with Gasteiger partial charge in [-0.2, -0.15) is 0 Å². The molecule has 0 saturated heterocycles. The van der Waals surface area contributed by atoms with Crippen LogP contribution in [-0.4, -0.2) is 33.7 Å². The Morgan fingerprint density at radius 2 is 1.73 bits per heavy atom. The minimum Gasteiger partial charge on any atom is -0.378 e. The summed E-state index contributed by atoms with van der Waals surface area (Å²) in [7, 11) is 0.485. The fourth-order valence-electron chi connectivity index (χ4n) is 3.27. The van der Waals surface area contributed by atoms with Gasteiger partial charge in [0.05, 0.1) is 10.1 Å². The fourth-order valence-corrected chi connectivity index (χ4v) is 5.17. The van der Waals surface area contributed by atoms with E-state index in [1.807, 2.05) is 31.1 Å². The van der Waals surface area contributed by atoms with Crippen LogP contribution in [0.5, 0.6) is 0 Å². The van der Waals surface area contributed by atoms with E-state index in [-0.39, 0.29) is 16.1 Å². The van der Waals surface area contributed by atoms with E-state index in [0.29, 0.717) is 11.3 Å². The number of sulfone groups is 1. The van der Waals surface area contributed by atoms with Crippen molar-refractivity contribution >= 4 is 27.1 Å². The van der Waals surface area contributed by atoms with Crippen molar-refractivity contribution in [1.29, 1.82) is 0 Å². The van der Waals surface area contributed by atoms with Crippen LogP contribution >= 0.6 is 0 Å². The lowest BCUT2D eigenvalue weighted by molar-refractivity contribution is 0.102. The number of carbonyl (C=O) groups is 1. The Hall–Kier alpha value is -2.34. The second-order valence-corrected chi connectivity index (χ2v) is 9.11. The van der Waals surface area contributed by atoms with Crippen LogP contribution in [0.3, 0.4) is 0 Å². The van der Waals surface area contributed by atoms with Gasteiger partial charge in [0, 0.05) is 31.0 Å². The molecule has 0 radical (unpaired) electrons. The molecule has 26 heavy (non-hydrogen) atoms. The summed E-state index contributed by atoms with van der Waals surface area (Å²) in [6.07, 6.45) is 3.36. The lowest BCUT2D eigenvalue weighted by Gasteiger charge is -2.14. The van der Waals surface area contributed by atoms with E-state index in [1.165, 1.54) is 0 Å². The molecule has 2 aromatic carbocycles. The number of amides is 1. The first-order chi connectivity index (χ1) is 12.4. The van der Waals surface area contributed by atoms with Crippen LogP contribution in [0.15, 0.2) is 53.4 Å². The second-order valence-electron chi connectivity index (χ2n) is 6.88. The Bertz CT molecular complexity index is 901. The van der Waals surface area contributed by atoms with Crippen molar-refractivity contribution in [1.82, 2.24) is 0 Å². The van der Waals surface area contributed by atoms with Gasteiger partial charge in [-0.25, -0.2) is 8.42 Å². The normalized spacial score (nSPS) is 15.0. The molecule has 0 aliphatic heterocycles. The number of rotatable bonds is 5. The maximum absolute atomic E-state index is 12.7. The number of hydrogen-bond acceptors (Lipinski definition) is 4. The highest BCUT2D eigenvalue weighted by Crippen LogP contribution is 2.30. The summed E-state index contributed by atoms with van der Waals surface area (Å²) in [6, 6.07) is 13.8. The molecule has 2 aromatic rings. The predicted molar refractivity (Wildman–Crippen MR) is 105 cm³/mol. The van der Waals surface area contributed by atoms with E-state index in [9.17, 15) is 13.2 Å². The average molecular weight is 372 g/mol. The van der Waals surface area contributed by atoms with Crippen molar-refractivity contribution in [3.05, 3.63) is 54.1 Å². The molecule has 5 nitrogen and oxygen atoms in total. The van der Waals surface area contributed by atoms with E-state index in [0.717, 1.165) is 31.4 Å². The molecule has 0 aromatic heterocycles. The minimum absolute atomic E-state index is 0.260. The first kappa shape index (κ1) is 18.5. The standard InChI is InChI=1S/C20H24N2O3S/c1-22(2)17-9-5-7-15(13-17)20(23)21-16-8-6-12-19(14-16)26(24,25)18-10-3-4-11-18/h5-9,12-14,18H,3-4,10-11H2,1-2H3,(H,21,23). The van der Waals surface area contributed by atoms with Crippen molar-refractivity contribution in [2.45, 2.75) is 35.8 Å². The highest BCUT2D eigenvalue weighted by Gasteiger charge is 2.30. The van der Waals surface area contributed by atoms with E-state index in [4.69, 9.17) is 0 Å². The zero-order chi connectivity index (χ0) is 18.7. The van der Waals surface area contributed by atoms with Crippen LogP contribution in [-0.2, 0) is 9.84 Å². The molecule has 1 aliphatic carbocycles. The third-order valence-corrected chi connectivity index (χ3v) is 7.05. The molecule has 1 saturated carbocycles. The summed E-state index contributed by atoms with van der Waals surface area (Å²) in [4.78, 5) is 14.7. The first-order valence-electron chi connectivity index (χ1n) is 8.80. The molecular formula is C20H24N2O3S. The average Bonchev–Trinajstić information content (AvgIpc) is 3.17.